The van der Waals surface area contributed by atoms with Crippen molar-refractivity contribution in [2.75, 3.05) is 6.61 Å². The number of nitrogens with one attached hydrogen (secondary N) is 1. The highest BCUT2D eigenvalue weighted by atomic mass is 19.1. The van der Waals surface area contributed by atoms with Gasteiger partial charge in [0.1, 0.15) is 11.6 Å². The molecule has 0 spiro atoms. The van der Waals surface area contributed by atoms with Crippen LogP contribution in [0.15, 0.2) is 52.7 Å². The highest BCUT2D eigenvalue weighted by molar-refractivity contribution is 5.94. The Morgan fingerprint density at radius 1 is 1.19 bits per heavy atom. The van der Waals surface area contributed by atoms with Crippen LogP contribution in [-0.2, 0) is 10.2 Å². The van der Waals surface area contributed by atoms with E-state index in [1.807, 2.05) is 12.1 Å². The molecule has 7 heteroatoms. The lowest BCUT2D eigenvalue weighted by Crippen LogP contribution is -2.11. The summed E-state index contributed by atoms with van der Waals surface area (Å²) in [4.78, 5) is 14.5. The first-order valence-electron chi connectivity index (χ1n) is 8.42. The number of aromatic amines is 1. The van der Waals surface area contributed by atoms with Gasteiger partial charge in [-0.05, 0) is 41.3 Å². The minimum Gasteiger partial charge on any atom is -0.493 e. The second kappa shape index (κ2) is 7.19. The maximum atomic E-state index is 13.4. The summed E-state index contributed by atoms with van der Waals surface area (Å²) in [5.41, 5.74) is 1.68. The fraction of sp³-hybridized carbons (Fsp3) is 0.250. The number of H-pyrrole nitrogens is 1. The lowest BCUT2D eigenvalue weighted by Gasteiger charge is -2.19. The van der Waals surface area contributed by atoms with E-state index in [9.17, 15) is 14.3 Å². The van der Waals surface area contributed by atoms with Crippen molar-refractivity contribution < 1.29 is 19.0 Å². The minimum absolute atomic E-state index is 0.00683. The molecule has 1 amide bonds. The van der Waals surface area contributed by atoms with E-state index in [0.29, 0.717) is 16.7 Å². The molecule has 2 aromatic carbocycles. The summed E-state index contributed by atoms with van der Waals surface area (Å²) in [6.45, 7) is 6.03. The zero-order valence-corrected chi connectivity index (χ0v) is 15.3. The Bertz CT molecular complexity index is 1000. The quantitative estimate of drug-likeness (QED) is 0.635. The van der Waals surface area contributed by atoms with Crippen LogP contribution in [0.25, 0.3) is 10.9 Å². The van der Waals surface area contributed by atoms with Crippen molar-refractivity contribution in [2.24, 2.45) is 10.2 Å². The van der Waals surface area contributed by atoms with E-state index in [2.05, 4.69) is 36.0 Å². The highest BCUT2D eigenvalue weighted by Crippen LogP contribution is 2.35. The molecule has 1 aromatic heterocycles. The fourth-order valence-corrected chi connectivity index (χ4v) is 2.57. The molecule has 140 valence electrons. The van der Waals surface area contributed by atoms with Crippen molar-refractivity contribution in [1.29, 1.82) is 0 Å². The Balaban J connectivity index is 1.66. The number of nitrogens with zero attached hydrogens (tertiary/aromatic N) is 2. The molecule has 6 nitrogen and oxygen atoms in total. The zero-order chi connectivity index (χ0) is 19.6. The third-order valence-corrected chi connectivity index (χ3v) is 4.06. The zero-order valence-electron chi connectivity index (χ0n) is 15.3. The molecule has 0 saturated heterocycles. The molecule has 0 unspecified atom stereocenters. The van der Waals surface area contributed by atoms with Gasteiger partial charge in [0.2, 0.25) is 5.88 Å². The first-order valence-corrected chi connectivity index (χ1v) is 8.42. The number of aromatic nitrogens is 1. The minimum atomic E-state index is -0.625. The largest absolute Gasteiger partial charge is 0.493 e. The molecule has 1 heterocycles. The van der Waals surface area contributed by atoms with E-state index in [4.69, 9.17) is 4.74 Å². The van der Waals surface area contributed by atoms with Crippen LogP contribution in [0.5, 0.6) is 11.6 Å². The van der Waals surface area contributed by atoms with Crippen LogP contribution < -0.4 is 4.74 Å². The molecule has 3 aromatic rings. The van der Waals surface area contributed by atoms with Gasteiger partial charge in [-0.15, -0.1) is 10.2 Å². The third-order valence-electron chi connectivity index (χ3n) is 4.06. The Kier molecular flexibility index (Phi) is 4.94. The van der Waals surface area contributed by atoms with Crippen molar-refractivity contribution in [3.05, 3.63) is 53.8 Å². The van der Waals surface area contributed by atoms with Crippen molar-refractivity contribution in [2.45, 2.75) is 26.2 Å². The topological polar surface area (TPSA) is 87.0 Å². The number of azo groups is 1. The van der Waals surface area contributed by atoms with Crippen molar-refractivity contribution in [1.82, 2.24) is 4.98 Å². The summed E-state index contributed by atoms with van der Waals surface area (Å²) >= 11 is 0. The number of amides is 1. The highest BCUT2D eigenvalue weighted by Gasteiger charge is 2.14. The van der Waals surface area contributed by atoms with Gasteiger partial charge in [-0.3, -0.25) is 4.79 Å². The van der Waals surface area contributed by atoms with Crippen LogP contribution in [-0.4, -0.2) is 22.6 Å². The molecule has 3 rings (SSSR count). The predicted octanol–water partition coefficient (Wildman–Crippen LogP) is 5.00. The number of hydrogen-bond donors (Lipinski definition) is 2. The summed E-state index contributed by atoms with van der Waals surface area (Å²) in [5.74, 6) is -0.847. The molecule has 0 atom stereocenters. The molecule has 0 radical (unpaired) electrons. The van der Waals surface area contributed by atoms with E-state index in [1.165, 1.54) is 18.2 Å². The molecule has 0 aliphatic heterocycles. The predicted molar refractivity (Wildman–Crippen MR) is 100 cm³/mol. The average Bonchev–Trinajstić information content (AvgIpc) is 2.92. The van der Waals surface area contributed by atoms with Gasteiger partial charge in [0, 0.05) is 5.39 Å². The maximum Gasteiger partial charge on any atom is 0.302 e. The van der Waals surface area contributed by atoms with Crippen molar-refractivity contribution >= 4 is 22.5 Å². The average molecular weight is 369 g/mol. The number of aromatic hydroxyl groups is 1. The fourth-order valence-electron chi connectivity index (χ4n) is 2.57. The van der Waals surface area contributed by atoms with Gasteiger partial charge in [0.25, 0.3) is 0 Å². The number of rotatable bonds is 4. The van der Waals surface area contributed by atoms with Crippen molar-refractivity contribution in [3.8, 4) is 11.6 Å². The molecule has 0 aliphatic rings. The lowest BCUT2D eigenvalue weighted by molar-refractivity contribution is -0.120. The molecule has 0 fully saturated rings. The standard InChI is InChI=1S/C20H20FN3O3/c1-20(2,3)12-4-7-14(8-5-12)27-11-17(25)23-24-18-15-10-13(21)6-9-16(15)22-19(18)26/h4-10,22,26H,11H2,1-3H3. The van der Waals surface area contributed by atoms with Crippen molar-refractivity contribution in [3.63, 3.8) is 0 Å². The van der Waals surface area contributed by atoms with Gasteiger partial charge in [-0.1, -0.05) is 32.9 Å². The van der Waals surface area contributed by atoms with Gasteiger partial charge in [-0.25, -0.2) is 4.39 Å². The summed E-state index contributed by atoms with van der Waals surface area (Å²) < 4.78 is 18.8. The second-order valence-corrected chi connectivity index (χ2v) is 7.17. The van der Waals surface area contributed by atoms with E-state index in [0.717, 1.165) is 5.56 Å². The first-order chi connectivity index (χ1) is 12.7. The van der Waals surface area contributed by atoms with Crippen LogP contribution in [0.1, 0.15) is 26.3 Å². The molecule has 2 N–H and O–H groups in total. The van der Waals surface area contributed by atoms with Gasteiger partial charge < -0.3 is 14.8 Å². The van der Waals surface area contributed by atoms with Gasteiger partial charge >= 0.3 is 5.91 Å². The summed E-state index contributed by atoms with van der Waals surface area (Å²) in [6, 6.07) is 11.4. The maximum absolute atomic E-state index is 13.4. The summed E-state index contributed by atoms with van der Waals surface area (Å²) in [7, 11) is 0. The van der Waals surface area contributed by atoms with Crippen LogP contribution in [0, 0.1) is 5.82 Å². The summed E-state index contributed by atoms with van der Waals surface area (Å²) in [6.07, 6.45) is 0. The Morgan fingerprint density at radius 2 is 1.89 bits per heavy atom. The van der Waals surface area contributed by atoms with Crippen LogP contribution in [0.2, 0.25) is 0 Å². The lowest BCUT2D eigenvalue weighted by atomic mass is 9.87. The number of carbonyl (C=O) groups is 1. The Labute approximate surface area is 155 Å². The van der Waals surface area contributed by atoms with E-state index < -0.39 is 11.7 Å². The number of benzene rings is 2. The van der Waals surface area contributed by atoms with Gasteiger partial charge in [0.05, 0.1) is 5.52 Å². The molecular weight excluding hydrogens is 349 g/mol. The number of halogens is 1. The Hall–Kier alpha value is -3.22. The monoisotopic (exact) mass is 369 g/mol. The molecule has 0 saturated carbocycles. The van der Waals surface area contributed by atoms with E-state index in [-0.39, 0.29) is 23.6 Å². The molecular formula is C20H20FN3O3. The number of ether oxygens (including phenoxy) is 1. The number of carbonyl (C=O) groups excluding carboxylic acids is 1. The second-order valence-electron chi connectivity index (χ2n) is 7.17. The van der Waals surface area contributed by atoms with Gasteiger partial charge in [-0.2, -0.15) is 0 Å². The third kappa shape index (κ3) is 4.31. The SMILES string of the molecule is CC(C)(C)c1ccc(OCC(=O)N=Nc2c(O)[nH]c3ccc(F)cc23)cc1. The van der Waals surface area contributed by atoms with E-state index in [1.54, 1.807) is 12.1 Å². The Morgan fingerprint density at radius 3 is 2.56 bits per heavy atom. The first kappa shape index (κ1) is 18.6. The molecule has 0 aliphatic carbocycles. The van der Waals surface area contributed by atoms with Crippen LogP contribution in [0.4, 0.5) is 10.1 Å². The smallest absolute Gasteiger partial charge is 0.302 e. The van der Waals surface area contributed by atoms with E-state index >= 15 is 0 Å². The summed E-state index contributed by atoms with van der Waals surface area (Å²) in [5, 5.41) is 17.5. The van der Waals surface area contributed by atoms with Gasteiger partial charge in [0.15, 0.2) is 12.3 Å². The van der Waals surface area contributed by atoms with Crippen LogP contribution >= 0.6 is 0 Å². The molecule has 0 bridgehead atoms. The van der Waals surface area contributed by atoms with Crippen LogP contribution in [0.3, 0.4) is 0 Å². The normalized spacial score (nSPS) is 12.0. The number of fused-ring (bicyclic) bond motifs is 1. The molecule has 27 heavy (non-hydrogen) atoms. The number of hydrogen-bond acceptors (Lipinski definition) is 4.